The fourth-order valence-corrected chi connectivity index (χ4v) is 3.90. The third-order valence-electron chi connectivity index (χ3n) is 3.12. The zero-order valence-corrected chi connectivity index (χ0v) is 13.2. The minimum Gasteiger partial charge on any atom is -0.497 e. The summed E-state index contributed by atoms with van der Waals surface area (Å²) in [5.74, 6) is 0.644. The minimum atomic E-state index is -3.47. The van der Waals surface area contributed by atoms with E-state index in [0.29, 0.717) is 42.3 Å². The lowest BCUT2D eigenvalue weighted by Gasteiger charge is -2.21. The Morgan fingerprint density at radius 2 is 2.00 bits per heavy atom. The summed E-state index contributed by atoms with van der Waals surface area (Å²) in [7, 11) is -1.91. The van der Waals surface area contributed by atoms with Gasteiger partial charge in [-0.2, -0.15) is 4.31 Å². The lowest BCUT2D eigenvalue weighted by Crippen LogP contribution is -2.32. The first-order chi connectivity index (χ1) is 9.51. The topological polar surface area (TPSA) is 72.6 Å². The van der Waals surface area contributed by atoms with Crippen molar-refractivity contribution in [3.63, 3.8) is 0 Å². The number of rotatable bonds is 8. The molecule has 5 nitrogen and oxygen atoms in total. The second kappa shape index (κ2) is 7.61. The molecule has 114 valence electrons. The molecule has 0 atom stereocenters. The molecule has 0 heterocycles. The molecular weight excluding hydrogens is 276 g/mol. The normalized spacial score (nSPS) is 11.8. The van der Waals surface area contributed by atoms with Gasteiger partial charge in [0.25, 0.3) is 0 Å². The standard InChI is InChI=1S/C14H24N2O3S/c1-4-10-16(5-2)20(17,18)14-7-6-13(19-3)11-12(14)8-9-15/h6-7,11H,4-5,8-10,15H2,1-3H3. The molecule has 0 spiro atoms. The number of ether oxygens (including phenoxy) is 1. The number of nitrogens with zero attached hydrogens (tertiary/aromatic N) is 1. The number of hydrogen-bond donors (Lipinski definition) is 1. The summed E-state index contributed by atoms with van der Waals surface area (Å²) in [6.07, 6.45) is 1.30. The number of hydrogen-bond acceptors (Lipinski definition) is 4. The number of nitrogens with two attached hydrogens (primary N) is 1. The maximum atomic E-state index is 12.7. The van der Waals surface area contributed by atoms with E-state index in [1.165, 1.54) is 4.31 Å². The minimum absolute atomic E-state index is 0.332. The van der Waals surface area contributed by atoms with Crippen molar-refractivity contribution in [3.8, 4) is 5.75 Å². The summed E-state index contributed by atoms with van der Waals surface area (Å²) >= 11 is 0. The maximum Gasteiger partial charge on any atom is 0.243 e. The third kappa shape index (κ3) is 3.71. The van der Waals surface area contributed by atoms with Crippen LogP contribution in [0.25, 0.3) is 0 Å². The number of sulfonamides is 1. The first kappa shape index (κ1) is 16.9. The summed E-state index contributed by atoms with van der Waals surface area (Å²) in [4.78, 5) is 0.332. The molecule has 1 rings (SSSR count). The number of benzene rings is 1. The van der Waals surface area contributed by atoms with Crippen molar-refractivity contribution < 1.29 is 13.2 Å². The molecule has 0 aromatic heterocycles. The fourth-order valence-electron chi connectivity index (χ4n) is 2.12. The lowest BCUT2D eigenvalue weighted by molar-refractivity contribution is 0.412. The van der Waals surface area contributed by atoms with Crippen LogP contribution in [-0.2, 0) is 16.4 Å². The molecule has 0 bridgehead atoms. The van der Waals surface area contributed by atoms with Gasteiger partial charge in [-0.05, 0) is 43.1 Å². The van der Waals surface area contributed by atoms with Gasteiger partial charge in [0, 0.05) is 13.1 Å². The fraction of sp³-hybridized carbons (Fsp3) is 0.571. The van der Waals surface area contributed by atoms with Crippen LogP contribution >= 0.6 is 0 Å². The average Bonchev–Trinajstić information content (AvgIpc) is 2.44. The van der Waals surface area contributed by atoms with Crippen molar-refractivity contribution in [1.29, 1.82) is 0 Å². The van der Waals surface area contributed by atoms with Gasteiger partial charge in [0.05, 0.1) is 12.0 Å². The van der Waals surface area contributed by atoms with E-state index < -0.39 is 10.0 Å². The van der Waals surface area contributed by atoms with Crippen molar-refractivity contribution in [2.75, 3.05) is 26.7 Å². The Labute approximate surface area is 121 Å². The molecule has 6 heteroatoms. The molecule has 1 aromatic rings. The Morgan fingerprint density at radius 3 is 2.50 bits per heavy atom. The van der Waals surface area contributed by atoms with E-state index in [9.17, 15) is 8.42 Å². The van der Waals surface area contributed by atoms with Gasteiger partial charge in [-0.25, -0.2) is 8.42 Å². The summed E-state index contributed by atoms with van der Waals surface area (Å²) in [6.45, 7) is 5.19. The molecular formula is C14H24N2O3S. The van der Waals surface area contributed by atoms with Crippen molar-refractivity contribution in [3.05, 3.63) is 23.8 Å². The van der Waals surface area contributed by atoms with Gasteiger partial charge in [-0.3, -0.25) is 0 Å². The van der Waals surface area contributed by atoms with Crippen LogP contribution in [0.5, 0.6) is 5.75 Å². The zero-order chi connectivity index (χ0) is 15.2. The van der Waals surface area contributed by atoms with E-state index in [4.69, 9.17) is 10.5 Å². The van der Waals surface area contributed by atoms with E-state index in [2.05, 4.69) is 0 Å². The summed E-state index contributed by atoms with van der Waals surface area (Å²) < 4.78 is 32.0. The molecule has 0 unspecified atom stereocenters. The molecule has 0 saturated carbocycles. The van der Waals surface area contributed by atoms with Gasteiger partial charge < -0.3 is 10.5 Å². The average molecular weight is 300 g/mol. The van der Waals surface area contributed by atoms with Gasteiger partial charge in [-0.15, -0.1) is 0 Å². The van der Waals surface area contributed by atoms with Crippen LogP contribution in [0.1, 0.15) is 25.8 Å². The van der Waals surface area contributed by atoms with Crippen LogP contribution in [-0.4, -0.2) is 39.5 Å². The highest BCUT2D eigenvalue weighted by Gasteiger charge is 2.25. The Kier molecular flexibility index (Phi) is 6.45. The van der Waals surface area contributed by atoms with Gasteiger partial charge in [-0.1, -0.05) is 13.8 Å². The molecule has 0 saturated heterocycles. The third-order valence-corrected chi connectivity index (χ3v) is 5.20. The van der Waals surface area contributed by atoms with Crippen LogP contribution in [0.4, 0.5) is 0 Å². The Bertz CT molecular complexity index is 529. The predicted molar refractivity (Wildman–Crippen MR) is 80.5 cm³/mol. The summed E-state index contributed by atoms with van der Waals surface area (Å²) in [5, 5.41) is 0. The molecule has 1 aromatic carbocycles. The van der Waals surface area contributed by atoms with Crippen LogP contribution in [0.3, 0.4) is 0 Å². The monoisotopic (exact) mass is 300 g/mol. The van der Waals surface area contributed by atoms with Gasteiger partial charge in [0.15, 0.2) is 0 Å². The highest BCUT2D eigenvalue weighted by atomic mass is 32.2. The highest BCUT2D eigenvalue weighted by Crippen LogP contribution is 2.25. The molecule has 2 N–H and O–H groups in total. The van der Waals surface area contributed by atoms with Crippen LogP contribution < -0.4 is 10.5 Å². The second-order valence-corrected chi connectivity index (χ2v) is 6.42. The SMILES string of the molecule is CCCN(CC)S(=O)(=O)c1ccc(OC)cc1CCN. The quantitative estimate of drug-likeness (QED) is 0.792. The molecule has 0 aliphatic rings. The molecule has 0 amide bonds. The van der Waals surface area contributed by atoms with Crippen LogP contribution in [0.15, 0.2) is 23.1 Å². The first-order valence-corrected chi connectivity index (χ1v) is 8.32. The molecule has 0 aliphatic heterocycles. The molecule has 20 heavy (non-hydrogen) atoms. The smallest absolute Gasteiger partial charge is 0.243 e. The Balaban J connectivity index is 3.28. The Morgan fingerprint density at radius 1 is 1.30 bits per heavy atom. The molecule has 0 radical (unpaired) electrons. The van der Waals surface area contributed by atoms with Gasteiger partial charge in [0.2, 0.25) is 10.0 Å². The number of methoxy groups -OCH3 is 1. The van der Waals surface area contributed by atoms with Crippen LogP contribution in [0, 0.1) is 0 Å². The van der Waals surface area contributed by atoms with Crippen LogP contribution in [0.2, 0.25) is 0 Å². The summed E-state index contributed by atoms with van der Waals surface area (Å²) in [6, 6.07) is 5.03. The van der Waals surface area contributed by atoms with E-state index in [1.54, 1.807) is 25.3 Å². The molecule has 0 aliphatic carbocycles. The van der Waals surface area contributed by atoms with Crippen molar-refractivity contribution in [1.82, 2.24) is 4.31 Å². The predicted octanol–water partition coefficient (Wildman–Crippen LogP) is 1.62. The van der Waals surface area contributed by atoms with Gasteiger partial charge in [0.1, 0.15) is 5.75 Å². The van der Waals surface area contributed by atoms with E-state index >= 15 is 0 Å². The second-order valence-electron chi connectivity index (χ2n) is 4.51. The lowest BCUT2D eigenvalue weighted by atomic mass is 10.1. The summed E-state index contributed by atoms with van der Waals surface area (Å²) in [5.41, 5.74) is 6.29. The van der Waals surface area contributed by atoms with Gasteiger partial charge >= 0.3 is 0 Å². The Hall–Kier alpha value is -1.11. The zero-order valence-electron chi connectivity index (χ0n) is 12.4. The molecule has 0 fully saturated rings. The van der Waals surface area contributed by atoms with E-state index in [1.807, 2.05) is 13.8 Å². The van der Waals surface area contributed by atoms with E-state index in [-0.39, 0.29) is 0 Å². The maximum absolute atomic E-state index is 12.7. The first-order valence-electron chi connectivity index (χ1n) is 6.88. The van der Waals surface area contributed by atoms with E-state index in [0.717, 1.165) is 6.42 Å². The van der Waals surface area contributed by atoms with Crippen molar-refractivity contribution in [2.24, 2.45) is 5.73 Å². The van der Waals surface area contributed by atoms with Crippen molar-refractivity contribution in [2.45, 2.75) is 31.6 Å². The van der Waals surface area contributed by atoms with Crippen molar-refractivity contribution >= 4 is 10.0 Å². The highest BCUT2D eigenvalue weighted by molar-refractivity contribution is 7.89. The largest absolute Gasteiger partial charge is 0.497 e.